The lowest BCUT2D eigenvalue weighted by Crippen LogP contribution is -2.17. The van der Waals surface area contributed by atoms with Gasteiger partial charge in [-0.1, -0.05) is 5.92 Å². The molecule has 1 saturated heterocycles. The van der Waals surface area contributed by atoms with Crippen molar-refractivity contribution in [3.8, 4) is 12.3 Å². The second-order valence-electron chi connectivity index (χ2n) is 2.16. The van der Waals surface area contributed by atoms with Gasteiger partial charge in [-0.25, -0.2) is 0 Å². The maximum Gasteiger partial charge on any atom is 0.126 e. The van der Waals surface area contributed by atoms with Crippen molar-refractivity contribution in [1.29, 1.82) is 0 Å². The molecule has 2 atom stereocenters. The molecule has 0 saturated carbocycles. The zero-order valence-corrected chi connectivity index (χ0v) is 6.03. The number of thioether (sulfide) groups is 1. The minimum absolute atomic E-state index is 0.315. The van der Waals surface area contributed by atoms with Crippen LogP contribution in [0.2, 0.25) is 0 Å². The number of hydrogen-bond donors (Lipinski definition) is 1. The third kappa shape index (κ3) is 1.64. The van der Waals surface area contributed by atoms with Crippen LogP contribution >= 0.6 is 11.8 Å². The van der Waals surface area contributed by atoms with Gasteiger partial charge in [0.2, 0.25) is 0 Å². The number of rotatable bonds is 1. The molecule has 0 aromatic carbocycles. The number of aliphatic hydroxyl groups excluding tert-OH is 1. The molecule has 0 aliphatic carbocycles. The third-order valence-corrected chi connectivity index (χ3v) is 2.93. The minimum atomic E-state index is -0.516. The van der Waals surface area contributed by atoms with Gasteiger partial charge in [0.15, 0.2) is 0 Å². The first kappa shape index (κ1) is 6.98. The van der Waals surface area contributed by atoms with Crippen molar-refractivity contribution < 1.29 is 5.11 Å². The Balaban J connectivity index is 2.34. The lowest BCUT2D eigenvalue weighted by molar-refractivity contribution is 0.227. The lowest BCUT2D eigenvalue weighted by atomic mass is 10.2. The zero-order valence-electron chi connectivity index (χ0n) is 5.21. The van der Waals surface area contributed by atoms with Crippen molar-refractivity contribution in [3.05, 3.63) is 0 Å². The first-order valence-electron chi connectivity index (χ1n) is 3.10. The van der Waals surface area contributed by atoms with Gasteiger partial charge in [0, 0.05) is 5.25 Å². The molecule has 0 radical (unpaired) electrons. The number of aliphatic hydroxyl groups is 1. The van der Waals surface area contributed by atoms with Gasteiger partial charge < -0.3 is 5.11 Å². The van der Waals surface area contributed by atoms with Crippen LogP contribution in [0.25, 0.3) is 0 Å². The Morgan fingerprint density at radius 1 is 1.78 bits per heavy atom. The van der Waals surface area contributed by atoms with Crippen LogP contribution in [0, 0.1) is 12.3 Å². The molecule has 50 valence electrons. The number of hydrogen-bond acceptors (Lipinski definition) is 2. The Kier molecular flexibility index (Phi) is 2.44. The standard InChI is InChI=1S/C7H10OS/c1-2-6(8)7-4-3-5-9-7/h1,6-8H,3-5H2. The van der Waals surface area contributed by atoms with E-state index < -0.39 is 6.10 Å². The summed E-state index contributed by atoms with van der Waals surface area (Å²) in [5.74, 6) is 3.50. The summed E-state index contributed by atoms with van der Waals surface area (Å²) < 4.78 is 0. The van der Waals surface area contributed by atoms with E-state index in [1.54, 1.807) is 11.8 Å². The Morgan fingerprint density at radius 2 is 2.56 bits per heavy atom. The summed E-state index contributed by atoms with van der Waals surface area (Å²) in [6.07, 6.45) is 6.80. The van der Waals surface area contributed by atoms with Gasteiger partial charge in [0.05, 0.1) is 0 Å². The monoisotopic (exact) mass is 142 g/mol. The van der Waals surface area contributed by atoms with E-state index in [0.717, 1.165) is 12.2 Å². The molecule has 1 fully saturated rings. The smallest absolute Gasteiger partial charge is 0.126 e. The molecule has 1 aliphatic rings. The molecule has 0 spiro atoms. The summed E-state index contributed by atoms with van der Waals surface area (Å²) in [5, 5.41) is 9.42. The van der Waals surface area contributed by atoms with Crippen molar-refractivity contribution in [2.24, 2.45) is 0 Å². The highest BCUT2D eigenvalue weighted by atomic mass is 32.2. The molecule has 0 amide bonds. The first-order chi connectivity index (χ1) is 4.34. The SMILES string of the molecule is C#CC(O)C1CCCS1. The Hall–Kier alpha value is -0.130. The molecule has 0 aromatic rings. The molecule has 2 unspecified atom stereocenters. The van der Waals surface area contributed by atoms with Crippen LogP contribution in [-0.4, -0.2) is 22.2 Å². The van der Waals surface area contributed by atoms with Crippen molar-refractivity contribution in [2.75, 3.05) is 5.75 Å². The maximum absolute atomic E-state index is 9.10. The largest absolute Gasteiger partial charge is 0.379 e. The topological polar surface area (TPSA) is 20.2 Å². The van der Waals surface area contributed by atoms with E-state index in [9.17, 15) is 0 Å². The van der Waals surface area contributed by atoms with Gasteiger partial charge in [-0.2, -0.15) is 11.8 Å². The maximum atomic E-state index is 9.10. The highest BCUT2D eigenvalue weighted by Crippen LogP contribution is 2.28. The predicted molar refractivity (Wildman–Crippen MR) is 40.3 cm³/mol. The molecule has 1 aliphatic heterocycles. The van der Waals surface area contributed by atoms with Crippen LogP contribution in [-0.2, 0) is 0 Å². The summed E-state index contributed by atoms with van der Waals surface area (Å²) in [7, 11) is 0. The predicted octanol–water partition coefficient (Wildman–Crippen LogP) is 0.876. The second kappa shape index (κ2) is 3.14. The molecule has 1 rings (SSSR count). The van der Waals surface area contributed by atoms with Crippen LogP contribution in [0.1, 0.15) is 12.8 Å². The van der Waals surface area contributed by atoms with Crippen molar-refractivity contribution in [2.45, 2.75) is 24.2 Å². The zero-order chi connectivity index (χ0) is 6.69. The third-order valence-electron chi connectivity index (χ3n) is 1.49. The molecule has 1 N–H and O–H groups in total. The fourth-order valence-electron chi connectivity index (χ4n) is 0.959. The van der Waals surface area contributed by atoms with E-state index in [1.807, 2.05) is 0 Å². The summed E-state index contributed by atoms with van der Waals surface area (Å²) in [6.45, 7) is 0. The summed E-state index contributed by atoms with van der Waals surface area (Å²) in [4.78, 5) is 0. The molecule has 9 heavy (non-hydrogen) atoms. The quantitative estimate of drug-likeness (QED) is 0.548. The summed E-state index contributed by atoms with van der Waals surface area (Å²) in [5.41, 5.74) is 0. The molecule has 1 nitrogen and oxygen atoms in total. The summed E-state index contributed by atoms with van der Waals surface area (Å²) >= 11 is 1.78. The van der Waals surface area contributed by atoms with E-state index in [4.69, 9.17) is 11.5 Å². The molecule has 0 bridgehead atoms. The van der Waals surface area contributed by atoms with Gasteiger partial charge in [-0.3, -0.25) is 0 Å². The van der Waals surface area contributed by atoms with E-state index in [-0.39, 0.29) is 0 Å². The van der Waals surface area contributed by atoms with E-state index in [1.165, 1.54) is 6.42 Å². The van der Waals surface area contributed by atoms with Gasteiger partial charge in [0.1, 0.15) is 6.10 Å². The Bertz CT molecular complexity index is 121. The number of terminal acetylenes is 1. The molecule has 2 heteroatoms. The molecular weight excluding hydrogens is 132 g/mol. The molecule has 0 aromatic heterocycles. The van der Waals surface area contributed by atoms with Crippen LogP contribution in [0.5, 0.6) is 0 Å². The normalized spacial score (nSPS) is 29.6. The summed E-state index contributed by atoms with van der Waals surface area (Å²) in [6, 6.07) is 0. The highest BCUT2D eigenvalue weighted by molar-refractivity contribution is 8.00. The first-order valence-corrected chi connectivity index (χ1v) is 4.15. The van der Waals surface area contributed by atoms with E-state index >= 15 is 0 Å². The lowest BCUT2D eigenvalue weighted by Gasteiger charge is -2.08. The van der Waals surface area contributed by atoms with Crippen molar-refractivity contribution >= 4 is 11.8 Å². The van der Waals surface area contributed by atoms with Crippen molar-refractivity contribution in [3.63, 3.8) is 0 Å². The molecular formula is C7H10OS. The second-order valence-corrected chi connectivity index (χ2v) is 3.51. The van der Waals surface area contributed by atoms with Crippen molar-refractivity contribution in [1.82, 2.24) is 0 Å². The van der Waals surface area contributed by atoms with Crippen LogP contribution in [0.3, 0.4) is 0 Å². The minimum Gasteiger partial charge on any atom is -0.379 e. The van der Waals surface area contributed by atoms with Gasteiger partial charge in [0.25, 0.3) is 0 Å². The van der Waals surface area contributed by atoms with Crippen LogP contribution < -0.4 is 0 Å². The van der Waals surface area contributed by atoms with E-state index in [0.29, 0.717) is 5.25 Å². The average molecular weight is 142 g/mol. The Labute approximate surface area is 59.8 Å². The van der Waals surface area contributed by atoms with Gasteiger partial charge in [-0.05, 0) is 18.6 Å². The average Bonchev–Trinajstić information content (AvgIpc) is 2.37. The van der Waals surface area contributed by atoms with Crippen LogP contribution in [0.4, 0.5) is 0 Å². The fourth-order valence-corrected chi connectivity index (χ4v) is 2.19. The van der Waals surface area contributed by atoms with Gasteiger partial charge in [-0.15, -0.1) is 6.42 Å². The fraction of sp³-hybridized carbons (Fsp3) is 0.714. The Morgan fingerprint density at radius 3 is 3.00 bits per heavy atom. The van der Waals surface area contributed by atoms with E-state index in [2.05, 4.69) is 5.92 Å². The van der Waals surface area contributed by atoms with Gasteiger partial charge >= 0.3 is 0 Å². The molecule has 1 heterocycles. The van der Waals surface area contributed by atoms with Crippen LogP contribution in [0.15, 0.2) is 0 Å². The highest BCUT2D eigenvalue weighted by Gasteiger charge is 2.21.